The Morgan fingerprint density at radius 1 is 1.00 bits per heavy atom. The van der Waals surface area contributed by atoms with Crippen molar-refractivity contribution in [2.24, 2.45) is 0 Å². The Kier molecular flexibility index (Phi) is 7.15. The Bertz CT molecular complexity index is 520. The Labute approximate surface area is 149 Å². The summed E-state index contributed by atoms with van der Waals surface area (Å²) in [6.07, 6.45) is 11.3. The summed E-state index contributed by atoms with van der Waals surface area (Å²) in [6, 6.07) is 9.17. The quantitative estimate of drug-likeness (QED) is 0.841. The number of ether oxygens (including phenoxy) is 1. The lowest BCUT2D eigenvalue weighted by Gasteiger charge is -2.23. The van der Waals surface area contributed by atoms with Crippen LogP contribution in [0.15, 0.2) is 24.3 Å². The molecule has 0 amide bonds. The number of rotatable bonds is 5. The fraction of sp³-hybridized carbons (Fsp3) is 0.700. The first-order valence-corrected chi connectivity index (χ1v) is 11.0. The van der Waals surface area contributed by atoms with Crippen molar-refractivity contribution in [2.75, 3.05) is 18.5 Å². The summed E-state index contributed by atoms with van der Waals surface area (Å²) in [6.45, 7) is 1.53. The number of nitrogens with one attached hydrogen (secondary N) is 1. The van der Waals surface area contributed by atoms with E-state index in [0.717, 1.165) is 26.1 Å². The molecule has 134 valence electrons. The van der Waals surface area contributed by atoms with Crippen LogP contribution in [0.2, 0.25) is 0 Å². The first-order chi connectivity index (χ1) is 11.8. The molecule has 0 spiro atoms. The van der Waals surface area contributed by atoms with Crippen molar-refractivity contribution in [1.82, 2.24) is 0 Å². The van der Waals surface area contributed by atoms with Crippen molar-refractivity contribution in [3.05, 3.63) is 29.8 Å². The van der Waals surface area contributed by atoms with E-state index in [1.807, 2.05) is 0 Å². The van der Waals surface area contributed by atoms with Gasteiger partial charge in [0.05, 0.1) is 0 Å². The maximum absolute atomic E-state index is 12.6. The molecule has 4 heteroatoms. The van der Waals surface area contributed by atoms with Crippen LogP contribution >= 0.6 is 0 Å². The highest BCUT2D eigenvalue weighted by molar-refractivity contribution is 7.84. The molecule has 1 saturated heterocycles. The van der Waals surface area contributed by atoms with Crippen molar-refractivity contribution in [1.29, 1.82) is 0 Å². The van der Waals surface area contributed by atoms with Crippen LogP contribution in [-0.4, -0.2) is 28.7 Å². The Balaban J connectivity index is 1.55. The molecule has 2 fully saturated rings. The second-order valence-corrected chi connectivity index (χ2v) is 8.94. The highest BCUT2D eigenvalue weighted by Crippen LogP contribution is 2.23. The third kappa shape index (κ3) is 5.59. The standard InChI is InChI=1S/C20H31NO2S/c22-24(20-11-13-23-14-12-20)16-17-7-6-10-19(15-17)21-18-8-4-2-1-3-5-9-18/h6-7,10,15,18,20-21H,1-5,8-9,11-14,16H2/t24-/m1/s1. The zero-order valence-electron chi connectivity index (χ0n) is 14.7. The lowest BCUT2D eigenvalue weighted by Crippen LogP contribution is -2.25. The number of benzene rings is 1. The van der Waals surface area contributed by atoms with Crippen molar-refractivity contribution < 1.29 is 8.95 Å². The maximum atomic E-state index is 12.6. The lowest BCUT2D eigenvalue weighted by atomic mass is 9.96. The first-order valence-electron chi connectivity index (χ1n) is 9.61. The second-order valence-electron chi connectivity index (χ2n) is 7.22. The number of hydrogen-bond donors (Lipinski definition) is 1. The minimum atomic E-state index is -0.785. The average molecular weight is 350 g/mol. The predicted molar refractivity (Wildman–Crippen MR) is 102 cm³/mol. The summed E-state index contributed by atoms with van der Waals surface area (Å²) in [5.41, 5.74) is 2.39. The van der Waals surface area contributed by atoms with Gasteiger partial charge in [-0.15, -0.1) is 0 Å². The van der Waals surface area contributed by atoms with Crippen LogP contribution in [0, 0.1) is 0 Å². The van der Waals surface area contributed by atoms with Gasteiger partial charge in [-0.1, -0.05) is 44.2 Å². The molecule has 0 radical (unpaired) electrons. The van der Waals surface area contributed by atoms with E-state index in [9.17, 15) is 4.21 Å². The molecule has 3 nitrogen and oxygen atoms in total. The van der Waals surface area contributed by atoms with Gasteiger partial charge in [-0.05, 0) is 43.4 Å². The highest BCUT2D eigenvalue weighted by Gasteiger charge is 2.20. The molecule has 1 aliphatic carbocycles. The van der Waals surface area contributed by atoms with Crippen molar-refractivity contribution >= 4 is 16.5 Å². The SMILES string of the molecule is O=[S@](Cc1cccc(NC2CCCCCCC2)c1)C1CCOCC1. The zero-order chi connectivity index (χ0) is 16.6. The van der Waals surface area contributed by atoms with Gasteiger partial charge in [0.15, 0.2) is 0 Å². The molecule has 1 atom stereocenters. The van der Waals surface area contributed by atoms with E-state index in [4.69, 9.17) is 4.74 Å². The van der Waals surface area contributed by atoms with Gasteiger partial charge < -0.3 is 10.1 Å². The van der Waals surface area contributed by atoms with Crippen LogP contribution in [0.1, 0.15) is 63.4 Å². The van der Waals surface area contributed by atoms with Crippen LogP contribution in [0.4, 0.5) is 5.69 Å². The highest BCUT2D eigenvalue weighted by atomic mass is 32.2. The summed E-state index contributed by atoms with van der Waals surface area (Å²) < 4.78 is 18.0. The summed E-state index contributed by atoms with van der Waals surface area (Å²) >= 11 is 0. The van der Waals surface area contributed by atoms with E-state index in [1.165, 1.54) is 56.2 Å². The molecule has 1 aromatic rings. The monoisotopic (exact) mass is 349 g/mol. The van der Waals surface area contributed by atoms with Crippen LogP contribution in [-0.2, 0) is 21.3 Å². The van der Waals surface area contributed by atoms with Gasteiger partial charge >= 0.3 is 0 Å². The van der Waals surface area contributed by atoms with Gasteiger partial charge in [0.25, 0.3) is 0 Å². The third-order valence-electron chi connectivity index (χ3n) is 5.25. The second kappa shape index (κ2) is 9.57. The molecule has 1 heterocycles. The molecular formula is C20H31NO2S. The van der Waals surface area contributed by atoms with E-state index < -0.39 is 10.8 Å². The smallest absolute Gasteiger partial charge is 0.0489 e. The molecule has 3 rings (SSSR count). The molecule has 2 aliphatic rings. The largest absolute Gasteiger partial charge is 0.382 e. The third-order valence-corrected chi connectivity index (χ3v) is 7.08. The molecule has 24 heavy (non-hydrogen) atoms. The van der Waals surface area contributed by atoms with Crippen molar-refractivity contribution in [3.8, 4) is 0 Å². The Morgan fingerprint density at radius 3 is 2.46 bits per heavy atom. The fourth-order valence-electron chi connectivity index (χ4n) is 3.81. The number of anilines is 1. The topological polar surface area (TPSA) is 38.3 Å². The van der Waals surface area contributed by atoms with Gasteiger partial charge in [0.1, 0.15) is 0 Å². The van der Waals surface area contributed by atoms with Gasteiger partial charge in [-0.2, -0.15) is 0 Å². The van der Waals surface area contributed by atoms with Crippen LogP contribution in [0.5, 0.6) is 0 Å². The van der Waals surface area contributed by atoms with Crippen LogP contribution in [0.25, 0.3) is 0 Å². The van der Waals surface area contributed by atoms with Crippen molar-refractivity contribution in [3.63, 3.8) is 0 Å². The number of hydrogen-bond acceptors (Lipinski definition) is 3. The van der Waals surface area contributed by atoms with E-state index in [2.05, 4.69) is 29.6 Å². The minimum Gasteiger partial charge on any atom is -0.382 e. The van der Waals surface area contributed by atoms with Gasteiger partial charge in [-0.3, -0.25) is 4.21 Å². The zero-order valence-corrected chi connectivity index (χ0v) is 15.5. The summed E-state index contributed by atoms with van der Waals surface area (Å²) in [5, 5.41) is 4.03. The lowest BCUT2D eigenvalue weighted by molar-refractivity contribution is 0.0992. The summed E-state index contributed by atoms with van der Waals surface area (Å²) in [5.74, 6) is 0.671. The van der Waals surface area contributed by atoms with Crippen LogP contribution < -0.4 is 5.32 Å². The van der Waals surface area contributed by atoms with Gasteiger partial charge in [0, 0.05) is 46.7 Å². The Morgan fingerprint density at radius 2 is 1.71 bits per heavy atom. The Hall–Kier alpha value is -0.870. The molecule has 0 unspecified atom stereocenters. The van der Waals surface area contributed by atoms with E-state index in [-0.39, 0.29) is 0 Å². The fourth-order valence-corrected chi connectivity index (χ4v) is 5.27. The van der Waals surface area contributed by atoms with Gasteiger partial charge in [0.2, 0.25) is 0 Å². The van der Waals surface area contributed by atoms with Crippen LogP contribution in [0.3, 0.4) is 0 Å². The minimum absolute atomic E-state index is 0.306. The molecule has 0 bridgehead atoms. The van der Waals surface area contributed by atoms with Crippen molar-refractivity contribution in [2.45, 2.75) is 74.8 Å². The summed E-state index contributed by atoms with van der Waals surface area (Å²) in [7, 11) is -0.785. The average Bonchev–Trinajstić information content (AvgIpc) is 2.58. The van der Waals surface area contributed by atoms with E-state index >= 15 is 0 Å². The van der Waals surface area contributed by atoms with E-state index in [1.54, 1.807) is 0 Å². The molecule has 1 aliphatic heterocycles. The molecule has 1 N–H and O–H groups in total. The molecule has 1 aromatic carbocycles. The molecule has 1 saturated carbocycles. The van der Waals surface area contributed by atoms with E-state index in [0.29, 0.717) is 17.0 Å². The van der Waals surface area contributed by atoms with Gasteiger partial charge in [-0.25, -0.2) is 0 Å². The molecular weight excluding hydrogens is 318 g/mol. The predicted octanol–water partition coefficient (Wildman–Crippen LogP) is 4.64. The first kappa shape index (κ1) is 17.9. The maximum Gasteiger partial charge on any atom is 0.0489 e. The normalized spacial score (nSPS) is 22.5. The molecule has 0 aromatic heterocycles. The summed E-state index contributed by atoms with van der Waals surface area (Å²) in [4.78, 5) is 0.